The smallest absolute Gasteiger partial charge is 0.292 e. The number of hydrogen-bond donors (Lipinski definition) is 1. The van der Waals surface area contributed by atoms with E-state index in [4.69, 9.17) is 0 Å². The van der Waals surface area contributed by atoms with E-state index in [1.165, 1.54) is 12.1 Å². The quantitative estimate of drug-likeness (QED) is 0.471. The van der Waals surface area contributed by atoms with Gasteiger partial charge in [0.05, 0.1) is 15.9 Å². The topological polar surface area (TPSA) is 98.3 Å². The van der Waals surface area contributed by atoms with Crippen molar-refractivity contribution < 1.29 is 9.85 Å². The van der Waals surface area contributed by atoms with Gasteiger partial charge in [-0.3, -0.25) is 20.2 Å². The zero-order chi connectivity index (χ0) is 19.3. The Morgan fingerprint density at radius 2 is 1.78 bits per heavy atom. The van der Waals surface area contributed by atoms with Crippen molar-refractivity contribution in [2.75, 3.05) is 5.32 Å². The fourth-order valence-corrected chi connectivity index (χ4v) is 4.36. The Balaban J connectivity index is 1.85. The number of nitrogens with zero attached hydrogens (tertiary/aromatic N) is 2. The summed E-state index contributed by atoms with van der Waals surface area (Å²) >= 11 is 0. The van der Waals surface area contributed by atoms with Crippen LogP contribution in [0.15, 0.2) is 42.5 Å². The molecule has 3 atom stereocenters. The van der Waals surface area contributed by atoms with Gasteiger partial charge in [-0.05, 0) is 48.4 Å². The Morgan fingerprint density at radius 1 is 1.07 bits per heavy atom. The third-order valence-electron chi connectivity index (χ3n) is 5.81. The average Bonchev–Trinajstić information content (AvgIpc) is 3.13. The van der Waals surface area contributed by atoms with Crippen LogP contribution in [-0.4, -0.2) is 9.85 Å². The van der Waals surface area contributed by atoms with Crippen LogP contribution >= 0.6 is 0 Å². The molecule has 2 aromatic rings. The SMILES string of the molecule is Cc1cc([N+](=O)[O-])c2c(c1C)[C@H]1C=CC[C@@H]1[C@H](c1ccc([N+](=O)[O-])cc1)N2. The molecule has 4 rings (SSSR count). The lowest BCUT2D eigenvalue weighted by Gasteiger charge is -2.38. The molecule has 0 bridgehead atoms. The van der Waals surface area contributed by atoms with Gasteiger partial charge in [-0.15, -0.1) is 0 Å². The number of hydrogen-bond acceptors (Lipinski definition) is 5. The van der Waals surface area contributed by atoms with E-state index in [9.17, 15) is 20.2 Å². The Hall–Kier alpha value is -3.22. The van der Waals surface area contributed by atoms with E-state index in [-0.39, 0.29) is 34.2 Å². The fourth-order valence-electron chi connectivity index (χ4n) is 4.36. The van der Waals surface area contributed by atoms with Crippen LogP contribution in [0.3, 0.4) is 0 Å². The van der Waals surface area contributed by atoms with Crippen LogP contribution in [0.5, 0.6) is 0 Å². The summed E-state index contributed by atoms with van der Waals surface area (Å²) in [5.41, 5.74) is 4.57. The first-order valence-corrected chi connectivity index (χ1v) is 8.84. The monoisotopic (exact) mass is 365 g/mol. The van der Waals surface area contributed by atoms with Gasteiger partial charge in [0.1, 0.15) is 5.69 Å². The molecule has 1 aliphatic carbocycles. The number of rotatable bonds is 3. The molecule has 7 heteroatoms. The summed E-state index contributed by atoms with van der Waals surface area (Å²) in [5.74, 6) is 0.319. The number of allylic oxidation sites excluding steroid dienone is 2. The Morgan fingerprint density at radius 3 is 2.41 bits per heavy atom. The largest absolute Gasteiger partial charge is 0.372 e. The van der Waals surface area contributed by atoms with Crippen molar-refractivity contribution in [1.29, 1.82) is 0 Å². The molecule has 1 heterocycles. The third kappa shape index (κ3) is 2.66. The van der Waals surface area contributed by atoms with Gasteiger partial charge in [0.15, 0.2) is 0 Å². The van der Waals surface area contributed by atoms with E-state index in [1.54, 1.807) is 18.2 Å². The second kappa shape index (κ2) is 6.19. The van der Waals surface area contributed by atoms with Crippen molar-refractivity contribution >= 4 is 17.1 Å². The van der Waals surface area contributed by atoms with Crippen molar-refractivity contribution in [1.82, 2.24) is 0 Å². The maximum absolute atomic E-state index is 11.7. The standard InChI is InChI=1S/C20H19N3O4/c1-11-10-17(23(26)27)20-18(12(11)2)15-4-3-5-16(15)19(21-20)13-6-8-14(9-7-13)22(24)25/h3-4,6-10,15-16,19,21H,5H2,1-2H3/t15-,16-,19-/m0/s1. The summed E-state index contributed by atoms with van der Waals surface area (Å²) < 4.78 is 0. The van der Waals surface area contributed by atoms with E-state index in [0.717, 1.165) is 28.7 Å². The lowest BCUT2D eigenvalue weighted by Crippen LogP contribution is -2.30. The summed E-state index contributed by atoms with van der Waals surface area (Å²) in [6.45, 7) is 3.91. The number of fused-ring (bicyclic) bond motifs is 3. The van der Waals surface area contributed by atoms with E-state index in [2.05, 4.69) is 17.5 Å². The summed E-state index contributed by atoms with van der Waals surface area (Å²) in [5, 5.41) is 26.0. The first kappa shape index (κ1) is 17.2. The Kier molecular flexibility index (Phi) is 3.95. The summed E-state index contributed by atoms with van der Waals surface area (Å²) in [4.78, 5) is 21.8. The molecule has 0 unspecified atom stereocenters. The second-order valence-electron chi connectivity index (χ2n) is 7.21. The predicted octanol–water partition coefficient (Wildman–Crippen LogP) is 4.95. The number of aryl methyl sites for hydroxylation is 1. The number of anilines is 1. The first-order valence-electron chi connectivity index (χ1n) is 8.84. The van der Waals surface area contributed by atoms with E-state index < -0.39 is 4.92 Å². The highest BCUT2D eigenvalue weighted by Gasteiger charge is 2.41. The molecule has 0 aromatic heterocycles. The molecule has 0 fully saturated rings. The van der Waals surface area contributed by atoms with Crippen LogP contribution in [0.2, 0.25) is 0 Å². The minimum absolute atomic E-state index is 0.0357. The minimum atomic E-state index is -0.426. The number of non-ortho nitro benzene ring substituents is 1. The van der Waals surface area contributed by atoms with Gasteiger partial charge in [-0.2, -0.15) is 0 Å². The average molecular weight is 365 g/mol. The van der Waals surface area contributed by atoms with Crippen molar-refractivity contribution in [2.24, 2.45) is 5.92 Å². The third-order valence-corrected chi connectivity index (χ3v) is 5.81. The molecule has 0 spiro atoms. The van der Waals surface area contributed by atoms with Gasteiger partial charge in [-0.25, -0.2) is 0 Å². The lowest BCUT2D eigenvalue weighted by atomic mass is 9.74. The maximum Gasteiger partial charge on any atom is 0.292 e. The highest BCUT2D eigenvalue weighted by molar-refractivity contribution is 5.74. The van der Waals surface area contributed by atoms with Crippen molar-refractivity contribution in [3.63, 3.8) is 0 Å². The molecule has 2 aromatic carbocycles. The zero-order valence-electron chi connectivity index (χ0n) is 15.0. The van der Waals surface area contributed by atoms with Crippen molar-refractivity contribution in [3.05, 3.63) is 85.0 Å². The number of nitro groups is 2. The van der Waals surface area contributed by atoms with Gasteiger partial charge in [-0.1, -0.05) is 24.3 Å². The molecule has 138 valence electrons. The highest BCUT2D eigenvalue weighted by atomic mass is 16.6. The van der Waals surface area contributed by atoms with Crippen LogP contribution < -0.4 is 5.32 Å². The van der Waals surface area contributed by atoms with Gasteiger partial charge in [0.25, 0.3) is 11.4 Å². The van der Waals surface area contributed by atoms with E-state index in [0.29, 0.717) is 5.69 Å². The van der Waals surface area contributed by atoms with Gasteiger partial charge >= 0.3 is 0 Å². The summed E-state index contributed by atoms with van der Waals surface area (Å²) in [6, 6.07) is 7.93. The molecule has 1 N–H and O–H groups in total. The van der Waals surface area contributed by atoms with E-state index >= 15 is 0 Å². The molecule has 7 nitrogen and oxygen atoms in total. The van der Waals surface area contributed by atoms with Crippen molar-refractivity contribution in [2.45, 2.75) is 32.2 Å². The van der Waals surface area contributed by atoms with Crippen LogP contribution in [0.25, 0.3) is 0 Å². The maximum atomic E-state index is 11.7. The summed E-state index contributed by atoms with van der Waals surface area (Å²) in [6.07, 6.45) is 5.12. The van der Waals surface area contributed by atoms with Crippen LogP contribution in [-0.2, 0) is 0 Å². The van der Waals surface area contributed by atoms with Crippen LogP contribution in [0.4, 0.5) is 17.1 Å². The zero-order valence-corrected chi connectivity index (χ0v) is 15.0. The minimum Gasteiger partial charge on any atom is -0.372 e. The Bertz CT molecular complexity index is 982. The molecule has 1 aliphatic heterocycles. The molecular weight excluding hydrogens is 346 g/mol. The lowest BCUT2D eigenvalue weighted by molar-refractivity contribution is -0.384. The Labute approximate surface area is 156 Å². The molecule has 0 saturated heterocycles. The highest BCUT2D eigenvalue weighted by Crippen LogP contribution is 2.53. The summed E-state index contributed by atoms with van der Waals surface area (Å²) in [7, 11) is 0. The molecule has 27 heavy (non-hydrogen) atoms. The van der Waals surface area contributed by atoms with Gasteiger partial charge < -0.3 is 5.32 Å². The predicted molar refractivity (Wildman–Crippen MR) is 102 cm³/mol. The second-order valence-corrected chi connectivity index (χ2v) is 7.21. The molecule has 0 amide bonds. The van der Waals surface area contributed by atoms with Crippen LogP contribution in [0.1, 0.15) is 40.6 Å². The molecule has 2 aliphatic rings. The molecule has 0 radical (unpaired) electrons. The number of nitro benzene ring substituents is 2. The fraction of sp³-hybridized carbons (Fsp3) is 0.300. The van der Waals surface area contributed by atoms with Crippen molar-refractivity contribution in [3.8, 4) is 0 Å². The van der Waals surface area contributed by atoms with Gasteiger partial charge in [0, 0.05) is 24.1 Å². The normalized spacial score (nSPS) is 22.7. The number of nitrogens with one attached hydrogen (secondary N) is 1. The molecular formula is C20H19N3O4. The van der Waals surface area contributed by atoms with Gasteiger partial charge in [0.2, 0.25) is 0 Å². The number of benzene rings is 2. The first-order chi connectivity index (χ1) is 12.9. The molecule has 0 saturated carbocycles. The van der Waals surface area contributed by atoms with E-state index in [1.807, 2.05) is 13.8 Å². The van der Waals surface area contributed by atoms with Crippen LogP contribution in [0, 0.1) is 40.0 Å².